The molecular formula is C12H16N2. The van der Waals surface area contributed by atoms with E-state index in [9.17, 15) is 0 Å². The van der Waals surface area contributed by atoms with Gasteiger partial charge in [-0.05, 0) is 31.7 Å². The molecule has 0 saturated heterocycles. The molecule has 1 aromatic rings. The Morgan fingerprint density at radius 3 is 3.00 bits per heavy atom. The fraction of sp³-hybridized carbons (Fsp3) is 0.333. The summed E-state index contributed by atoms with van der Waals surface area (Å²) in [6, 6.07) is 5.81. The molecule has 0 aliphatic carbocycles. The Labute approximate surface area is 85.4 Å². The largest absolute Gasteiger partial charge is 0.263 e. The van der Waals surface area contributed by atoms with Crippen molar-refractivity contribution in [1.29, 1.82) is 0 Å². The Balaban J connectivity index is 2.72. The smallest absolute Gasteiger partial charge is 0.0882 e. The van der Waals surface area contributed by atoms with Crippen molar-refractivity contribution < 1.29 is 0 Å². The maximum atomic E-state index is 4.23. The SMILES string of the molecule is C=NC(=CCCCC)c1ccccn1. The number of allylic oxidation sites excluding steroid dienone is 1. The highest BCUT2D eigenvalue weighted by atomic mass is 14.8. The highest BCUT2D eigenvalue weighted by Crippen LogP contribution is 2.13. The van der Waals surface area contributed by atoms with Crippen LogP contribution in [0.2, 0.25) is 0 Å². The van der Waals surface area contributed by atoms with Crippen molar-refractivity contribution in [3.05, 3.63) is 36.2 Å². The lowest BCUT2D eigenvalue weighted by Gasteiger charge is -1.99. The van der Waals surface area contributed by atoms with Gasteiger partial charge in [-0.25, -0.2) is 0 Å². The zero-order valence-corrected chi connectivity index (χ0v) is 8.61. The number of aliphatic imine (C=N–C) groups is 1. The second-order valence-electron chi connectivity index (χ2n) is 3.10. The molecule has 0 aromatic carbocycles. The molecule has 0 amide bonds. The number of rotatable bonds is 5. The minimum Gasteiger partial charge on any atom is -0.263 e. The van der Waals surface area contributed by atoms with Crippen LogP contribution in [-0.4, -0.2) is 11.7 Å². The molecule has 0 bridgehead atoms. The van der Waals surface area contributed by atoms with Gasteiger partial charge in [0.2, 0.25) is 0 Å². The Hall–Kier alpha value is -1.44. The molecule has 2 heteroatoms. The van der Waals surface area contributed by atoms with Crippen LogP contribution in [0.1, 0.15) is 31.9 Å². The number of aromatic nitrogens is 1. The van der Waals surface area contributed by atoms with E-state index in [2.05, 4.69) is 29.7 Å². The zero-order valence-electron chi connectivity index (χ0n) is 8.61. The van der Waals surface area contributed by atoms with E-state index in [4.69, 9.17) is 0 Å². The lowest BCUT2D eigenvalue weighted by molar-refractivity contribution is 0.815. The first-order valence-electron chi connectivity index (χ1n) is 4.96. The van der Waals surface area contributed by atoms with Gasteiger partial charge in [0, 0.05) is 6.20 Å². The maximum absolute atomic E-state index is 4.23. The van der Waals surface area contributed by atoms with Crippen LogP contribution in [0.15, 0.2) is 35.5 Å². The molecule has 14 heavy (non-hydrogen) atoms. The van der Waals surface area contributed by atoms with E-state index in [1.54, 1.807) is 6.20 Å². The zero-order chi connectivity index (χ0) is 10.2. The molecule has 0 fully saturated rings. The molecule has 0 N–H and O–H groups in total. The number of nitrogens with zero attached hydrogens (tertiary/aromatic N) is 2. The van der Waals surface area contributed by atoms with Crippen LogP contribution in [0.5, 0.6) is 0 Å². The van der Waals surface area contributed by atoms with Crippen molar-refractivity contribution >= 4 is 12.4 Å². The number of hydrogen-bond acceptors (Lipinski definition) is 2. The topological polar surface area (TPSA) is 25.2 Å². The summed E-state index contributed by atoms with van der Waals surface area (Å²) < 4.78 is 0. The molecule has 0 aliphatic heterocycles. The van der Waals surface area contributed by atoms with Gasteiger partial charge in [-0.1, -0.05) is 25.5 Å². The summed E-state index contributed by atoms with van der Waals surface area (Å²) in [7, 11) is 0. The van der Waals surface area contributed by atoms with Crippen molar-refractivity contribution in [2.75, 3.05) is 0 Å². The van der Waals surface area contributed by atoms with E-state index in [1.165, 1.54) is 12.8 Å². The molecule has 0 spiro atoms. The molecule has 1 heterocycles. The van der Waals surface area contributed by atoms with Gasteiger partial charge in [-0.3, -0.25) is 9.98 Å². The molecule has 1 rings (SSSR count). The van der Waals surface area contributed by atoms with E-state index >= 15 is 0 Å². The van der Waals surface area contributed by atoms with Crippen molar-refractivity contribution in [3.8, 4) is 0 Å². The monoisotopic (exact) mass is 188 g/mol. The Morgan fingerprint density at radius 2 is 2.43 bits per heavy atom. The lowest BCUT2D eigenvalue weighted by Crippen LogP contribution is -1.85. The van der Waals surface area contributed by atoms with Crippen LogP contribution in [0, 0.1) is 0 Å². The van der Waals surface area contributed by atoms with Gasteiger partial charge in [0.05, 0.1) is 11.4 Å². The van der Waals surface area contributed by atoms with Gasteiger partial charge in [0.25, 0.3) is 0 Å². The second kappa shape index (κ2) is 6.08. The molecule has 0 aliphatic rings. The summed E-state index contributed by atoms with van der Waals surface area (Å²) in [6.07, 6.45) is 7.30. The molecule has 0 atom stereocenters. The summed E-state index contributed by atoms with van der Waals surface area (Å²) in [5, 5.41) is 0. The number of hydrogen-bond donors (Lipinski definition) is 0. The summed E-state index contributed by atoms with van der Waals surface area (Å²) in [5.41, 5.74) is 1.79. The molecule has 2 nitrogen and oxygen atoms in total. The Kier molecular flexibility index (Phi) is 4.62. The second-order valence-corrected chi connectivity index (χ2v) is 3.10. The van der Waals surface area contributed by atoms with E-state index in [0.29, 0.717) is 0 Å². The number of pyridine rings is 1. The van der Waals surface area contributed by atoms with Crippen molar-refractivity contribution in [2.24, 2.45) is 4.99 Å². The van der Waals surface area contributed by atoms with Crippen LogP contribution in [-0.2, 0) is 0 Å². The van der Waals surface area contributed by atoms with Gasteiger partial charge < -0.3 is 0 Å². The number of unbranched alkanes of at least 4 members (excludes halogenated alkanes) is 2. The predicted octanol–water partition coefficient (Wildman–Crippen LogP) is 3.31. The summed E-state index contributed by atoms with van der Waals surface area (Å²) in [4.78, 5) is 8.21. The maximum Gasteiger partial charge on any atom is 0.0882 e. The van der Waals surface area contributed by atoms with Crippen LogP contribution in [0.4, 0.5) is 0 Å². The third-order valence-electron chi connectivity index (χ3n) is 1.99. The summed E-state index contributed by atoms with van der Waals surface area (Å²) >= 11 is 0. The van der Waals surface area contributed by atoms with Crippen molar-refractivity contribution in [3.63, 3.8) is 0 Å². The standard InChI is InChI=1S/C12H16N2/c1-3-4-5-8-11(13-2)12-9-6-7-10-14-12/h6-10H,2-5H2,1H3. The van der Waals surface area contributed by atoms with Crippen LogP contribution < -0.4 is 0 Å². The predicted molar refractivity (Wildman–Crippen MR) is 61.3 cm³/mol. The first-order chi connectivity index (χ1) is 6.88. The first kappa shape index (κ1) is 10.6. The van der Waals surface area contributed by atoms with Crippen molar-refractivity contribution in [1.82, 2.24) is 4.98 Å². The van der Waals surface area contributed by atoms with Gasteiger partial charge in [-0.15, -0.1) is 0 Å². The van der Waals surface area contributed by atoms with E-state index in [0.717, 1.165) is 17.8 Å². The Morgan fingerprint density at radius 1 is 1.57 bits per heavy atom. The van der Waals surface area contributed by atoms with E-state index in [1.807, 2.05) is 18.2 Å². The molecule has 1 aromatic heterocycles. The third-order valence-corrected chi connectivity index (χ3v) is 1.99. The molecule has 0 radical (unpaired) electrons. The fourth-order valence-electron chi connectivity index (χ4n) is 1.21. The van der Waals surface area contributed by atoms with Crippen LogP contribution >= 0.6 is 0 Å². The quantitative estimate of drug-likeness (QED) is 0.514. The fourth-order valence-corrected chi connectivity index (χ4v) is 1.21. The minimum absolute atomic E-state index is 0.888. The average Bonchev–Trinajstić information content (AvgIpc) is 2.26. The van der Waals surface area contributed by atoms with Crippen LogP contribution in [0.3, 0.4) is 0 Å². The van der Waals surface area contributed by atoms with E-state index < -0.39 is 0 Å². The highest BCUT2D eigenvalue weighted by molar-refractivity contribution is 5.64. The average molecular weight is 188 g/mol. The molecule has 74 valence electrons. The Bertz CT molecular complexity index is 301. The van der Waals surface area contributed by atoms with Crippen LogP contribution in [0.25, 0.3) is 5.70 Å². The van der Waals surface area contributed by atoms with Gasteiger partial charge in [-0.2, -0.15) is 0 Å². The molecule has 0 saturated carbocycles. The summed E-state index contributed by atoms with van der Waals surface area (Å²) in [5.74, 6) is 0. The molecule has 0 unspecified atom stereocenters. The summed E-state index contributed by atoms with van der Waals surface area (Å²) in [6.45, 7) is 5.73. The lowest BCUT2D eigenvalue weighted by atomic mass is 10.2. The molecular weight excluding hydrogens is 172 g/mol. The van der Waals surface area contributed by atoms with E-state index in [-0.39, 0.29) is 0 Å². The third kappa shape index (κ3) is 3.13. The minimum atomic E-state index is 0.888. The highest BCUT2D eigenvalue weighted by Gasteiger charge is 1.97. The van der Waals surface area contributed by atoms with Gasteiger partial charge >= 0.3 is 0 Å². The first-order valence-corrected chi connectivity index (χ1v) is 4.96. The normalized spacial score (nSPS) is 11.4. The van der Waals surface area contributed by atoms with Gasteiger partial charge in [0.1, 0.15) is 0 Å². The van der Waals surface area contributed by atoms with Gasteiger partial charge in [0.15, 0.2) is 0 Å². The van der Waals surface area contributed by atoms with Crippen molar-refractivity contribution in [2.45, 2.75) is 26.2 Å².